The zero-order valence-electron chi connectivity index (χ0n) is 9.37. The zero-order chi connectivity index (χ0) is 13.6. The molecular weight excluding hydrogens is 255 g/mol. The summed E-state index contributed by atoms with van der Waals surface area (Å²) in [5.74, 6) is -3.87. The van der Waals surface area contributed by atoms with Gasteiger partial charge < -0.3 is 14.7 Å². The van der Waals surface area contributed by atoms with Crippen LogP contribution in [0.1, 0.15) is 12.8 Å². The van der Waals surface area contributed by atoms with Crippen LogP contribution in [-0.2, 0) is 14.3 Å². The third kappa shape index (κ3) is 1.94. The molecule has 0 aliphatic carbocycles. The summed E-state index contributed by atoms with van der Waals surface area (Å²) >= 11 is 0. The monoisotopic (exact) mass is 267 g/mol. The number of alkyl halides is 3. The Morgan fingerprint density at radius 3 is 2.56 bits per heavy atom. The highest BCUT2D eigenvalue weighted by atomic mass is 19.4. The van der Waals surface area contributed by atoms with E-state index in [-0.39, 0.29) is 13.2 Å². The van der Waals surface area contributed by atoms with Crippen molar-refractivity contribution in [3.63, 3.8) is 0 Å². The van der Waals surface area contributed by atoms with Gasteiger partial charge in [0, 0.05) is 19.1 Å². The molecule has 0 aromatic rings. The van der Waals surface area contributed by atoms with E-state index in [0.717, 1.165) is 0 Å². The van der Waals surface area contributed by atoms with Gasteiger partial charge in [0.25, 0.3) is 0 Å². The van der Waals surface area contributed by atoms with Crippen LogP contribution in [0.5, 0.6) is 0 Å². The van der Waals surface area contributed by atoms with Crippen molar-refractivity contribution in [2.45, 2.75) is 24.6 Å². The minimum Gasteiger partial charge on any atom is -0.479 e. The van der Waals surface area contributed by atoms with Gasteiger partial charge in [0.05, 0.1) is 6.54 Å². The summed E-state index contributed by atoms with van der Waals surface area (Å²) in [6.45, 7) is -0.563. The first-order valence-electron chi connectivity index (χ1n) is 5.51. The Labute approximate surface area is 100 Å². The number of hydrogen-bond donors (Lipinski definition) is 1. The molecule has 2 saturated heterocycles. The molecule has 0 bridgehead atoms. The second-order valence-electron chi connectivity index (χ2n) is 4.57. The molecule has 0 aromatic carbocycles. The van der Waals surface area contributed by atoms with Crippen molar-refractivity contribution in [3.8, 4) is 0 Å². The number of ether oxygens (including phenoxy) is 1. The maximum atomic E-state index is 12.3. The molecule has 0 unspecified atom stereocenters. The van der Waals surface area contributed by atoms with Crippen molar-refractivity contribution in [1.29, 1.82) is 0 Å². The molecule has 0 spiro atoms. The quantitative estimate of drug-likeness (QED) is 0.757. The lowest BCUT2D eigenvalue weighted by atomic mass is 9.85. The van der Waals surface area contributed by atoms with Crippen LogP contribution in [0.2, 0.25) is 0 Å². The number of halogens is 3. The third-order valence-corrected chi connectivity index (χ3v) is 3.47. The summed E-state index contributed by atoms with van der Waals surface area (Å²) < 4.78 is 42.2. The summed E-state index contributed by atoms with van der Waals surface area (Å²) in [6.07, 6.45) is -3.94. The Balaban J connectivity index is 2.22. The minimum absolute atomic E-state index is 0.191. The highest BCUT2D eigenvalue weighted by Gasteiger charge is 2.58. The molecule has 2 heterocycles. The molecule has 102 valence electrons. The van der Waals surface area contributed by atoms with Gasteiger partial charge in [0.1, 0.15) is 0 Å². The van der Waals surface area contributed by atoms with E-state index in [2.05, 4.69) is 0 Å². The zero-order valence-corrected chi connectivity index (χ0v) is 9.37. The highest BCUT2D eigenvalue weighted by molar-refractivity contribution is 5.85. The molecule has 1 amide bonds. The van der Waals surface area contributed by atoms with Gasteiger partial charge in [-0.3, -0.25) is 4.79 Å². The van der Waals surface area contributed by atoms with Crippen molar-refractivity contribution >= 4 is 11.9 Å². The van der Waals surface area contributed by atoms with E-state index in [9.17, 15) is 22.8 Å². The van der Waals surface area contributed by atoms with Crippen LogP contribution in [0.4, 0.5) is 13.2 Å². The number of fused-ring (bicyclic) bond motifs is 1. The largest absolute Gasteiger partial charge is 0.479 e. The van der Waals surface area contributed by atoms with Gasteiger partial charge in [-0.15, -0.1) is 0 Å². The number of aliphatic carboxylic acids is 1. The molecule has 5 nitrogen and oxygen atoms in total. The molecule has 0 aromatic heterocycles. The smallest absolute Gasteiger partial charge is 0.471 e. The van der Waals surface area contributed by atoms with Gasteiger partial charge >= 0.3 is 18.1 Å². The van der Waals surface area contributed by atoms with Gasteiger partial charge in [-0.05, 0) is 12.8 Å². The fraction of sp³-hybridized carbons (Fsp3) is 0.800. The standard InChI is InChI=1S/C10H12F3NO4/c11-10(12,13)7(15)14-4-6-2-1-3-18-9(6,5-14)8(16)17/h6H,1-5H2,(H,16,17)/t6-,9+/m1/s1. The highest BCUT2D eigenvalue weighted by Crippen LogP contribution is 2.39. The van der Waals surface area contributed by atoms with Crippen molar-refractivity contribution < 1.29 is 32.6 Å². The Kier molecular flexibility index (Phi) is 3.00. The number of rotatable bonds is 1. The summed E-state index contributed by atoms with van der Waals surface area (Å²) in [6, 6.07) is 0. The van der Waals surface area contributed by atoms with E-state index < -0.39 is 36.1 Å². The topological polar surface area (TPSA) is 66.8 Å². The van der Waals surface area contributed by atoms with E-state index in [1.54, 1.807) is 0 Å². The molecule has 2 fully saturated rings. The van der Waals surface area contributed by atoms with Crippen LogP contribution in [0.3, 0.4) is 0 Å². The van der Waals surface area contributed by atoms with E-state index in [4.69, 9.17) is 9.84 Å². The number of carboxylic acid groups (broad SMARTS) is 1. The molecule has 2 aliphatic heterocycles. The Morgan fingerprint density at radius 1 is 1.39 bits per heavy atom. The van der Waals surface area contributed by atoms with Crippen LogP contribution >= 0.6 is 0 Å². The average molecular weight is 267 g/mol. The molecule has 0 radical (unpaired) electrons. The summed E-state index contributed by atoms with van der Waals surface area (Å²) in [5, 5.41) is 9.16. The molecular formula is C10H12F3NO4. The first kappa shape index (κ1) is 13.1. The van der Waals surface area contributed by atoms with Crippen LogP contribution in [-0.4, -0.2) is 53.4 Å². The second-order valence-corrected chi connectivity index (χ2v) is 4.57. The predicted molar refractivity (Wildman–Crippen MR) is 51.7 cm³/mol. The molecule has 1 N–H and O–H groups in total. The molecule has 2 atom stereocenters. The first-order valence-corrected chi connectivity index (χ1v) is 5.51. The normalized spacial score (nSPS) is 32.2. The number of carbonyl (C=O) groups excluding carboxylic acids is 1. The molecule has 18 heavy (non-hydrogen) atoms. The SMILES string of the molecule is O=C(N1C[C@H]2CCCO[C@@]2(C(=O)O)C1)C(F)(F)F. The van der Waals surface area contributed by atoms with Crippen LogP contribution in [0.25, 0.3) is 0 Å². The number of carbonyl (C=O) groups is 2. The summed E-state index contributed by atoms with van der Waals surface area (Å²) in [7, 11) is 0. The van der Waals surface area contributed by atoms with Gasteiger partial charge in [-0.1, -0.05) is 0 Å². The Bertz CT molecular complexity index is 384. The van der Waals surface area contributed by atoms with E-state index in [1.165, 1.54) is 0 Å². The fourth-order valence-corrected chi connectivity index (χ4v) is 2.60. The Morgan fingerprint density at radius 2 is 2.06 bits per heavy atom. The predicted octanol–water partition coefficient (Wildman–Crippen LogP) is 0.641. The second kappa shape index (κ2) is 4.11. The molecule has 2 rings (SSSR count). The number of nitrogens with zero attached hydrogens (tertiary/aromatic N) is 1. The summed E-state index contributed by atoms with van der Waals surface area (Å²) in [4.78, 5) is 22.9. The van der Waals surface area contributed by atoms with E-state index in [1.807, 2.05) is 0 Å². The number of amides is 1. The van der Waals surface area contributed by atoms with Crippen molar-refractivity contribution in [1.82, 2.24) is 4.90 Å². The lowest BCUT2D eigenvalue weighted by molar-refractivity contribution is -0.187. The van der Waals surface area contributed by atoms with Gasteiger partial charge in [-0.25, -0.2) is 4.79 Å². The van der Waals surface area contributed by atoms with Crippen molar-refractivity contribution in [3.05, 3.63) is 0 Å². The lowest BCUT2D eigenvalue weighted by Crippen LogP contribution is -2.52. The van der Waals surface area contributed by atoms with Crippen LogP contribution < -0.4 is 0 Å². The molecule has 8 heteroatoms. The Hall–Kier alpha value is -1.31. The van der Waals surface area contributed by atoms with Crippen molar-refractivity contribution in [2.75, 3.05) is 19.7 Å². The van der Waals surface area contributed by atoms with Gasteiger partial charge in [0.2, 0.25) is 0 Å². The van der Waals surface area contributed by atoms with Crippen molar-refractivity contribution in [2.24, 2.45) is 5.92 Å². The third-order valence-electron chi connectivity index (χ3n) is 3.47. The van der Waals surface area contributed by atoms with Crippen LogP contribution in [0.15, 0.2) is 0 Å². The van der Waals surface area contributed by atoms with E-state index in [0.29, 0.717) is 17.7 Å². The van der Waals surface area contributed by atoms with Gasteiger partial charge in [-0.2, -0.15) is 13.2 Å². The maximum Gasteiger partial charge on any atom is 0.471 e. The van der Waals surface area contributed by atoms with Gasteiger partial charge in [0.15, 0.2) is 5.60 Å². The van der Waals surface area contributed by atoms with E-state index >= 15 is 0 Å². The number of carboxylic acids is 1. The molecule has 0 saturated carbocycles. The average Bonchev–Trinajstić information content (AvgIpc) is 2.67. The number of hydrogen-bond acceptors (Lipinski definition) is 3. The summed E-state index contributed by atoms with van der Waals surface area (Å²) in [5.41, 5.74) is -1.67. The van der Waals surface area contributed by atoms with Crippen LogP contribution in [0, 0.1) is 5.92 Å². The fourth-order valence-electron chi connectivity index (χ4n) is 2.60. The number of likely N-dealkylation sites (tertiary alicyclic amines) is 1. The maximum absolute atomic E-state index is 12.3. The lowest BCUT2D eigenvalue weighted by Gasteiger charge is -2.34. The molecule has 2 aliphatic rings. The first-order chi connectivity index (χ1) is 8.27. The minimum atomic E-state index is -4.98.